The van der Waals surface area contributed by atoms with Gasteiger partial charge in [0.15, 0.2) is 0 Å². The summed E-state index contributed by atoms with van der Waals surface area (Å²) in [7, 11) is 0. The van der Waals surface area contributed by atoms with Crippen LogP contribution in [0, 0.1) is 30.5 Å². The largest absolute Gasteiger partial charge is 0.487 e. The first kappa shape index (κ1) is 46.5. The van der Waals surface area contributed by atoms with E-state index in [1.807, 2.05) is 58.0 Å². The molecule has 6 unspecified atom stereocenters. The number of hydrogen-bond donors (Lipinski definition) is 2. The Balaban J connectivity index is 1.59. The Morgan fingerprint density at radius 2 is 1.79 bits per heavy atom. The number of ether oxygens (including phenoxy) is 4. The highest BCUT2D eigenvalue weighted by atomic mass is 19.1. The van der Waals surface area contributed by atoms with Gasteiger partial charge in [0.05, 0.1) is 30.5 Å². The van der Waals surface area contributed by atoms with E-state index in [9.17, 15) is 19.4 Å². The Labute approximate surface area is 366 Å². The number of aliphatic hydroxyl groups is 2. The van der Waals surface area contributed by atoms with E-state index >= 15 is 0 Å². The maximum absolute atomic E-state index is 14.6. The van der Waals surface area contributed by atoms with E-state index in [1.165, 1.54) is 12.1 Å². The van der Waals surface area contributed by atoms with Crippen LogP contribution in [-0.2, 0) is 27.5 Å². The Hall–Kier alpha value is -5.04. The Kier molecular flexibility index (Phi) is 16.0. The first-order chi connectivity index (χ1) is 29.9. The quantitative estimate of drug-likeness (QED) is 0.0611. The second-order valence-corrected chi connectivity index (χ2v) is 17.5. The number of nitrogens with zero attached hydrogens (tertiary/aromatic N) is 3. The van der Waals surface area contributed by atoms with Crippen LogP contribution in [-0.4, -0.2) is 75.8 Å². The van der Waals surface area contributed by atoms with Crippen molar-refractivity contribution >= 4 is 11.8 Å². The lowest BCUT2D eigenvalue weighted by molar-refractivity contribution is -0.256. The van der Waals surface area contributed by atoms with E-state index in [1.54, 1.807) is 29.2 Å². The normalized spacial score (nSPS) is 23.3. The molecule has 3 aromatic rings. The van der Waals surface area contributed by atoms with Gasteiger partial charge in [-0.05, 0) is 125 Å². The summed E-state index contributed by atoms with van der Waals surface area (Å²) in [4.78, 5) is 27.1. The molecule has 62 heavy (non-hydrogen) atoms. The molecule has 12 heteroatoms. The predicted octanol–water partition coefficient (Wildman–Crippen LogP) is 9.76. The lowest BCUT2D eigenvalue weighted by atomic mass is 9.55. The van der Waals surface area contributed by atoms with Crippen molar-refractivity contribution in [2.45, 2.75) is 116 Å². The van der Waals surface area contributed by atoms with E-state index in [0.717, 1.165) is 48.2 Å². The molecule has 3 aliphatic rings. The van der Waals surface area contributed by atoms with Crippen molar-refractivity contribution in [1.29, 1.82) is 0 Å². The van der Waals surface area contributed by atoms with Gasteiger partial charge in [0.25, 0.3) is 0 Å². The third kappa shape index (κ3) is 11.1. The van der Waals surface area contributed by atoms with Crippen LogP contribution >= 0.6 is 0 Å². The minimum absolute atomic E-state index is 0.0191. The molecule has 0 bridgehead atoms. The second kappa shape index (κ2) is 21.4. The molecule has 2 aromatic carbocycles. The molecule has 1 aromatic heterocycles. The summed E-state index contributed by atoms with van der Waals surface area (Å²) in [6, 6.07) is 16.9. The number of halogens is 1. The Bertz CT molecular complexity index is 2050. The van der Waals surface area contributed by atoms with Crippen LogP contribution in [0.15, 0.2) is 103 Å². The molecule has 2 aliphatic carbocycles. The average Bonchev–Trinajstić information content (AvgIpc) is 3.25. The van der Waals surface area contributed by atoms with E-state index < -0.39 is 35.3 Å². The monoisotopic (exact) mass is 853 g/mol. The number of unbranched alkanes of at least 4 members (excludes halogenated alkanes) is 2. The van der Waals surface area contributed by atoms with Gasteiger partial charge in [-0.2, -0.15) is 0 Å². The van der Waals surface area contributed by atoms with Gasteiger partial charge in [-0.3, -0.25) is 9.88 Å². The summed E-state index contributed by atoms with van der Waals surface area (Å²) in [5, 5.41) is 24.8. The van der Waals surface area contributed by atoms with Crippen molar-refractivity contribution in [3.63, 3.8) is 0 Å². The minimum Gasteiger partial charge on any atom is -0.487 e. The maximum Gasteiger partial charge on any atom is 0.410 e. The predicted molar refractivity (Wildman–Crippen MR) is 237 cm³/mol. The van der Waals surface area contributed by atoms with Gasteiger partial charge in [0, 0.05) is 43.4 Å². The number of allylic oxidation sites excluding steroid dienone is 1. The average molecular weight is 854 g/mol. The third-order valence-electron chi connectivity index (χ3n) is 11.8. The van der Waals surface area contributed by atoms with Gasteiger partial charge in [-0.1, -0.05) is 54.4 Å². The third-order valence-corrected chi connectivity index (χ3v) is 11.8. The fourth-order valence-corrected chi connectivity index (χ4v) is 9.17. The van der Waals surface area contributed by atoms with Gasteiger partial charge >= 0.3 is 6.09 Å². The van der Waals surface area contributed by atoms with Gasteiger partial charge in [-0.25, -0.2) is 9.18 Å². The van der Waals surface area contributed by atoms with E-state index in [4.69, 9.17) is 28.9 Å². The molecule has 0 saturated heterocycles. The second-order valence-electron chi connectivity index (χ2n) is 17.5. The van der Waals surface area contributed by atoms with Crippen LogP contribution in [0.2, 0.25) is 0 Å². The number of oxime groups is 1. The number of carbonyl (C=O) groups excluding carboxylic acids is 1. The zero-order valence-electron chi connectivity index (χ0n) is 36.8. The number of amides is 1. The van der Waals surface area contributed by atoms with Crippen molar-refractivity contribution in [2.75, 3.05) is 26.4 Å². The lowest BCUT2D eigenvalue weighted by Crippen LogP contribution is -2.70. The molecule has 2 heterocycles. The maximum atomic E-state index is 14.6. The molecule has 0 spiro atoms. The van der Waals surface area contributed by atoms with Crippen molar-refractivity contribution in [3.8, 4) is 11.5 Å². The standard InChI is InChI=1S/C50H64FN3O8/c1-7-9-28-58-48(57)54(32-35-19-21-37(51)22-20-35)45-31-43(53-62-49(4,5)6)41-29-36(16-10-12-25-55)40(18-11-13-26-56)46-42-30-39(59-33-38-17-14-15-34(3)52-38)23-24-44(42)61-50(45,47(41)46)60-27-8-2/h7-8,14-15,17,19-24,29-30,36,40,45-47,55-56H,1-2,9-13,16,18,25-28,31-33H2,3-6H3. The molecular weight excluding hydrogens is 790 g/mol. The molecule has 334 valence electrons. The van der Waals surface area contributed by atoms with Gasteiger partial charge in [0.1, 0.15) is 35.6 Å². The number of benzene rings is 2. The zero-order chi connectivity index (χ0) is 44.3. The molecule has 6 atom stereocenters. The molecule has 1 fully saturated rings. The number of aliphatic hydroxyl groups excluding tert-OH is 2. The molecule has 1 amide bonds. The van der Waals surface area contributed by atoms with Gasteiger partial charge < -0.3 is 34.0 Å². The summed E-state index contributed by atoms with van der Waals surface area (Å²) < 4.78 is 41.1. The molecule has 2 N–H and O–H groups in total. The molecular formula is C50H64FN3O8. The van der Waals surface area contributed by atoms with Crippen LogP contribution in [0.3, 0.4) is 0 Å². The summed E-state index contributed by atoms with van der Waals surface area (Å²) in [5.74, 6) is -1.37. The van der Waals surface area contributed by atoms with Crippen LogP contribution in [0.25, 0.3) is 0 Å². The smallest absolute Gasteiger partial charge is 0.410 e. The van der Waals surface area contributed by atoms with Crippen LogP contribution in [0.1, 0.15) is 101 Å². The summed E-state index contributed by atoms with van der Waals surface area (Å²) in [6.45, 7) is 16.3. The van der Waals surface area contributed by atoms with Crippen molar-refractivity contribution in [2.24, 2.45) is 22.9 Å². The highest BCUT2D eigenvalue weighted by Crippen LogP contribution is 2.62. The summed E-state index contributed by atoms with van der Waals surface area (Å²) in [6.07, 6.45) is 10.2. The number of hydrogen-bond acceptors (Lipinski definition) is 10. The number of pyridine rings is 1. The van der Waals surface area contributed by atoms with Crippen LogP contribution in [0.5, 0.6) is 11.5 Å². The Morgan fingerprint density at radius 1 is 1.03 bits per heavy atom. The van der Waals surface area contributed by atoms with Crippen LogP contribution < -0.4 is 9.47 Å². The molecule has 1 aliphatic heterocycles. The number of aromatic nitrogens is 1. The summed E-state index contributed by atoms with van der Waals surface area (Å²) >= 11 is 0. The lowest BCUT2D eigenvalue weighted by Gasteiger charge is -2.60. The number of fused-ring (bicyclic) bond motifs is 2. The first-order valence-electron chi connectivity index (χ1n) is 22.0. The van der Waals surface area contributed by atoms with Gasteiger partial charge in [-0.15, -0.1) is 13.2 Å². The fraction of sp³-hybridized carbons (Fsp3) is 0.500. The first-order valence-corrected chi connectivity index (χ1v) is 22.0. The van der Waals surface area contributed by atoms with Gasteiger partial charge in [0.2, 0.25) is 5.79 Å². The highest BCUT2D eigenvalue weighted by Gasteiger charge is 2.65. The minimum atomic E-state index is -1.50. The summed E-state index contributed by atoms with van der Waals surface area (Å²) in [5.41, 5.74) is 4.26. The molecule has 11 nitrogen and oxygen atoms in total. The SMILES string of the molecule is C=CCCOC(=O)N(Cc1ccc(F)cc1)C1CC(=NOC(C)(C)C)C2=CC(CCCCO)C(CCCCO)C3c4cc(OCc5cccc(C)n5)ccc4OC1(OCC=C)C23. The molecule has 0 radical (unpaired) electrons. The fourth-order valence-electron chi connectivity index (χ4n) is 9.17. The molecule has 1 saturated carbocycles. The van der Waals surface area contributed by atoms with Crippen molar-refractivity contribution in [1.82, 2.24) is 9.88 Å². The van der Waals surface area contributed by atoms with E-state index in [0.29, 0.717) is 42.0 Å². The molecule has 6 rings (SSSR count). The number of aryl methyl sites for hydroxylation is 1. The number of carbonyl (C=O) groups is 1. The zero-order valence-corrected chi connectivity index (χ0v) is 36.8. The van der Waals surface area contributed by atoms with E-state index in [2.05, 4.69) is 30.3 Å². The Morgan fingerprint density at radius 3 is 2.48 bits per heavy atom. The van der Waals surface area contributed by atoms with Crippen molar-refractivity contribution in [3.05, 3.63) is 126 Å². The van der Waals surface area contributed by atoms with Crippen molar-refractivity contribution < 1.29 is 43.2 Å². The van der Waals surface area contributed by atoms with Crippen LogP contribution in [0.4, 0.5) is 9.18 Å². The topological polar surface area (TPSA) is 132 Å². The number of rotatable bonds is 21. The van der Waals surface area contributed by atoms with E-state index in [-0.39, 0.29) is 63.8 Å². The highest BCUT2D eigenvalue weighted by molar-refractivity contribution is 6.03.